The second-order valence-corrected chi connectivity index (χ2v) is 6.71. The summed E-state index contributed by atoms with van der Waals surface area (Å²) in [5.41, 5.74) is 3.09. The van der Waals surface area contributed by atoms with Gasteiger partial charge in [0.15, 0.2) is 6.61 Å². The molecular formula is C24H22N2O3. The molecule has 0 saturated carbocycles. The van der Waals surface area contributed by atoms with Crippen molar-refractivity contribution in [3.63, 3.8) is 0 Å². The van der Waals surface area contributed by atoms with E-state index in [2.05, 4.69) is 5.10 Å². The molecular weight excluding hydrogens is 364 g/mol. The summed E-state index contributed by atoms with van der Waals surface area (Å²) < 4.78 is 11.4. The largest absolute Gasteiger partial charge is 0.489 e. The molecule has 0 atom stereocenters. The number of hydrazone groups is 1. The van der Waals surface area contributed by atoms with Crippen LogP contribution in [0, 0.1) is 0 Å². The van der Waals surface area contributed by atoms with Crippen LogP contribution in [0.2, 0.25) is 0 Å². The second-order valence-electron chi connectivity index (χ2n) is 6.71. The van der Waals surface area contributed by atoms with Gasteiger partial charge >= 0.3 is 0 Å². The normalized spacial score (nSPS) is 13.1. The number of amides is 1. The van der Waals surface area contributed by atoms with Gasteiger partial charge in [-0.25, -0.2) is 5.01 Å². The van der Waals surface area contributed by atoms with E-state index >= 15 is 0 Å². The predicted octanol–water partition coefficient (Wildman–Crippen LogP) is 4.28. The molecule has 0 aromatic heterocycles. The van der Waals surface area contributed by atoms with Crippen LogP contribution in [-0.4, -0.2) is 29.8 Å². The molecule has 0 unspecified atom stereocenters. The SMILES string of the molecule is O=C(COc1ccc(OCc2ccccc2)cc1)N1CCC(c2ccccc2)=N1. The molecule has 0 saturated heterocycles. The number of carbonyl (C=O) groups is 1. The van der Waals surface area contributed by atoms with Crippen molar-refractivity contribution in [3.05, 3.63) is 96.1 Å². The smallest absolute Gasteiger partial charge is 0.280 e. The van der Waals surface area contributed by atoms with Gasteiger partial charge in [0.05, 0.1) is 12.3 Å². The molecule has 0 spiro atoms. The van der Waals surface area contributed by atoms with Gasteiger partial charge in [-0.15, -0.1) is 0 Å². The van der Waals surface area contributed by atoms with Crippen LogP contribution in [0.4, 0.5) is 0 Å². The standard InChI is InChI=1S/C24H22N2O3/c27-24(26-16-15-23(25-26)20-9-5-2-6-10-20)18-29-22-13-11-21(12-14-22)28-17-19-7-3-1-4-8-19/h1-14H,15-18H2. The van der Waals surface area contributed by atoms with E-state index in [1.54, 1.807) is 12.1 Å². The van der Waals surface area contributed by atoms with E-state index in [1.807, 2.05) is 72.8 Å². The Bertz CT molecular complexity index is 970. The van der Waals surface area contributed by atoms with Crippen molar-refractivity contribution in [3.8, 4) is 11.5 Å². The van der Waals surface area contributed by atoms with Crippen LogP contribution < -0.4 is 9.47 Å². The fourth-order valence-electron chi connectivity index (χ4n) is 3.06. The number of hydrogen-bond acceptors (Lipinski definition) is 4. The second kappa shape index (κ2) is 9.06. The lowest BCUT2D eigenvalue weighted by Crippen LogP contribution is -2.28. The van der Waals surface area contributed by atoms with Gasteiger partial charge < -0.3 is 9.47 Å². The number of carbonyl (C=O) groups excluding carboxylic acids is 1. The first-order valence-electron chi connectivity index (χ1n) is 9.61. The number of ether oxygens (including phenoxy) is 2. The van der Waals surface area contributed by atoms with Crippen LogP contribution in [0.15, 0.2) is 90.0 Å². The molecule has 4 rings (SSSR count). The lowest BCUT2D eigenvalue weighted by atomic mass is 10.1. The molecule has 1 amide bonds. The van der Waals surface area contributed by atoms with Crippen LogP contribution >= 0.6 is 0 Å². The molecule has 3 aromatic carbocycles. The van der Waals surface area contributed by atoms with Crippen molar-refractivity contribution >= 4 is 11.6 Å². The number of benzene rings is 3. The Kier molecular flexibility index (Phi) is 5.86. The molecule has 1 heterocycles. The lowest BCUT2D eigenvalue weighted by Gasteiger charge is -2.12. The molecule has 0 bridgehead atoms. The number of hydrogen-bond donors (Lipinski definition) is 0. The van der Waals surface area contributed by atoms with E-state index in [4.69, 9.17) is 9.47 Å². The minimum atomic E-state index is -0.152. The van der Waals surface area contributed by atoms with Crippen LogP contribution in [0.3, 0.4) is 0 Å². The van der Waals surface area contributed by atoms with Crippen molar-refractivity contribution < 1.29 is 14.3 Å². The molecule has 0 N–H and O–H groups in total. The first kappa shape index (κ1) is 18.7. The van der Waals surface area contributed by atoms with Gasteiger partial charge in [0.25, 0.3) is 5.91 Å². The zero-order chi connectivity index (χ0) is 19.9. The summed E-state index contributed by atoms with van der Waals surface area (Å²) >= 11 is 0. The summed E-state index contributed by atoms with van der Waals surface area (Å²) in [6.07, 6.45) is 0.753. The fraction of sp³-hybridized carbons (Fsp3) is 0.167. The van der Waals surface area contributed by atoms with Gasteiger partial charge in [0.2, 0.25) is 0 Å². The first-order chi connectivity index (χ1) is 14.3. The molecule has 146 valence electrons. The van der Waals surface area contributed by atoms with Crippen molar-refractivity contribution in [2.45, 2.75) is 13.0 Å². The van der Waals surface area contributed by atoms with Gasteiger partial charge in [0, 0.05) is 6.42 Å². The van der Waals surface area contributed by atoms with Crippen molar-refractivity contribution in [2.75, 3.05) is 13.2 Å². The van der Waals surface area contributed by atoms with E-state index < -0.39 is 0 Å². The summed E-state index contributed by atoms with van der Waals surface area (Å²) in [4.78, 5) is 12.4. The predicted molar refractivity (Wildman–Crippen MR) is 112 cm³/mol. The minimum absolute atomic E-state index is 0.0458. The maximum atomic E-state index is 12.4. The third-order valence-corrected chi connectivity index (χ3v) is 4.63. The third kappa shape index (κ3) is 5.02. The van der Waals surface area contributed by atoms with Crippen molar-refractivity contribution in [1.29, 1.82) is 0 Å². The summed E-state index contributed by atoms with van der Waals surface area (Å²) in [6, 6.07) is 27.2. The van der Waals surface area contributed by atoms with Gasteiger partial charge in [-0.1, -0.05) is 60.7 Å². The Hall–Kier alpha value is -3.60. The average molecular weight is 386 g/mol. The molecule has 0 aliphatic carbocycles. The fourth-order valence-corrected chi connectivity index (χ4v) is 3.06. The highest BCUT2D eigenvalue weighted by Crippen LogP contribution is 2.19. The topological polar surface area (TPSA) is 51.1 Å². The van der Waals surface area contributed by atoms with E-state index in [9.17, 15) is 4.79 Å². The Morgan fingerprint density at radius 1 is 0.828 bits per heavy atom. The summed E-state index contributed by atoms with van der Waals surface area (Å²) in [6.45, 7) is 1.05. The maximum absolute atomic E-state index is 12.4. The Balaban J connectivity index is 1.27. The van der Waals surface area contributed by atoms with Gasteiger partial charge in [0.1, 0.15) is 18.1 Å². The van der Waals surface area contributed by atoms with Gasteiger partial charge in [-0.3, -0.25) is 4.79 Å². The third-order valence-electron chi connectivity index (χ3n) is 4.63. The monoisotopic (exact) mass is 386 g/mol. The summed E-state index contributed by atoms with van der Waals surface area (Å²) in [7, 11) is 0. The highest BCUT2D eigenvalue weighted by atomic mass is 16.5. The van der Waals surface area contributed by atoms with Crippen LogP contribution in [-0.2, 0) is 11.4 Å². The van der Waals surface area contributed by atoms with E-state index in [0.717, 1.165) is 29.0 Å². The summed E-state index contributed by atoms with van der Waals surface area (Å²) in [5, 5.41) is 5.92. The minimum Gasteiger partial charge on any atom is -0.489 e. The van der Waals surface area contributed by atoms with Gasteiger partial charge in [-0.05, 0) is 35.4 Å². The van der Waals surface area contributed by atoms with Crippen molar-refractivity contribution in [1.82, 2.24) is 5.01 Å². The highest BCUT2D eigenvalue weighted by Gasteiger charge is 2.21. The Morgan fingerprint density at radius 3 is 2.14 bits per heavy atom. The van der Waals surface area contributed by atoms with Crippen molar-refractivity contribution in [2.24, 2.45) is 5.10 Å². The van der Waals surface area contributed by atoms with E-state index in [0.29, 0.717) is 18.9 Å². The molecule has 0 radical (unpaired) electrons. The molecule has 1 aliphatic rings. The number of rotatable bonds is 7. The Labute approximate surface area is 170 Å². The molecule has 29 heavy (non-hydrogen) atoms. The molecule has 1 aliphatic heterocycles. The summed E-state index contributed by atoms with van der Waals surface area (Å²) in [5.74, 6) is 1.22. The number of nitrogens with zero attached hydrogens (tertiary/aromatic N) is 2. The van der Waals surface area contributed by atoms with Crippen LogP contribution in [0.5, 0.6) is 11.5 Å². The molecule has 5 nitrogen and oxygen atoms in total. The highest BCUT2D eigenvalue weighted by molar-refractivity contribution is 6.02. The quantitative estimate of drug-likeness (QED) is 0.609. The van der Waals surface area contributed by atoms with Crippen LogP contribution in [0.25, 0.3) is 0 Å². The van der Waals surface area contributed by atoms with Crippen LogP contribution in [0.1, 0.15) is 17.5 Å². The zero-order valence-electron chi connectivity index (χ0n) is 16.0. The average Bonchev–Trinajstić information content (AvgIpc) is 3.29. The first-order valence-corrected chi connectivity index (χ1v) is 9.61. The molecule has 0 fully saturated rings. The maximum Gasteiger partial charge on any atom is 0.280 e. The van der Waals surface area contributed by atoms with E-state index in [1.165, 1.54) is 5.01 Å². The lowest BCUT2D eigenvalue weighted by molar-refractivity contribution is -0.132. The zero-order valence-corrected chi connectivity index (χ0v) is 16.0. The van der Waals surface area contributed by atoms with Gasteiger partial charge in [-0.2, -0.15) is 5.10 Å². The Morgan fingerprint density at radius 2 is 1.45 bits per heavy atom. The molecule has 3 aromatic rings. The van der Waals surface area contributed by atoms with E-state index in [-0.39, 0.29) is 12.5 Å². The molecule has 5 heteroatoms.